The van der Waals surface area contributed by atoms with Gasteiger partial charge in [0, 0.05) is 29.9 Å². The van der Waals surface area contributed by atoms with E-state index in [9.17, 15) is 36.6 Å². The second kappa shape index (κ2) is 11.1. The summed E-state index contributed by atoms with van der Waals surface area (Å²) in [5.41, 5.74) is -1.05. The van der Waals surface area contributed by atoms with Crippen LogP contribution in [0.25, 0.3) is 10.4 Å². The Balaban J connectivity index is 1.74. The Hall–Kier alpha value is -2.87. The van der Waals surface area contributed by atoms with E-state index >= 15 is 0 Å². The number of thiazole rings is 1. The lowest BCUT2D eigenvalue weighted by atomic mass is 10.1. The number of likely N-dealkylation sites (tertiary alicyclic amines) is 1. The van der Waals surface area contributed by atoms with E-state index in [0.717, 1.165) is 49.8 Å². The lowest BCUT2D eigenvalue weighted by molar-refractivity contribution is -0.138. The van der Waals surface area contributed by atoms with E-state index in [2.05, 4.69) is 20.6 Å². The normalized spacial score (nSPS) is 22.7. The van der Waals surface area contributed by atoms with E-state index in [-0.39, 0.29) is 27.2 Å². The number of alkyl halides is 5. The number of aliphatic hydroxyl groups is 1. The number of carbonyl (C=O) groups excluding carboxylic acids is 2. The molecule has 2 fully saturated rings. The summed E-state index contributed by atoms with van der Waals surface area (Å²) in [7, 11) is 0. The zero-order chi connectivity index (χ0) is 27.8. The smallest absolute Gasteiger partial charge is 0.391 e. The molecule has 208 valence electrons. The molecule has 1 saturated carbocycles. The van der Waals surface area contributed by atoms with Gasteiger partial charge in [-0.3, -0.25) is 9.59 Å². The van der Waals surface area contributed by atoms with E-state index in [1.807, 2.05) is 6.92 Å². The minimum Gasteiger partial charge on any atom is -0.391 e. The molecular formula is C24H28F5N5O3S. The first kappa shape index (κ1) is 28.1. The summed E-state index contributed by atoms with van der Waals surface area (Å²) in [4.78, 5) is 36.1. The molecule has 3 N–H and O–H groups in total. The summed E-state index contributed by atoms with van der Waals surface area (Å²) in [5, 5.41) is 14.7. The number of carbonyl (C=O) groups is 2. The molecule has 2 aliphatic rings. The molecule has 1 unspecified atom stereocenters. The standard InChI is InChI=1S/C24H28F5N5O3S/c1-11-5-4-8-34(11)23(37)18-19(38-22(33-18)21(36)32-15-6-3-7-16(15)35)14-10-30-17(9-13(14)20(25)26)31-12(2)24(27,28)29/h9-12,15-16,20,35H,3-8H2,1-2H3,(H,30,31)(H,32,36)/t11-,12?,15-,16-/m0/s1. The Kier molecular flexibility index (Phi) is 8.21. The van der Waals surface area contributed by atoms with Crippen LogP contribution in [0.3, 0.4) is 0 Å². The van der Waals surface area contributed by atoms with Crippen molar-refractivity contribution in [3.8, 4) is 10.4 Å². The molecule has 2 aromatic heterocycles. The van der Waals surface area contributed by atoms with Crippen LogP contribution in [-0.4, -0.2) is 68.7 Å². The van der Waals surface area contributed by atoms with Crippen LogP contribution in [0.2, 0.25) is 0 Å². The third-order valence-electron chi connectivity index (χ3n) is 6.90. The van der Waals surface area contributed by atoms with Crippen LogP contribution in [0.1, 0.15) is 78.2 Å². The number of aliphatic hydroxyl groups excluding tert-OH is 1. The number of pyridine rings is 1. The van der Waals surface area contributed by atoms with Crippen LogP contribution >= 0.6 is 11.3 Å². The molecule has 1 saturated heterocycles. The van der Waals surface area contributed by atoms with E-state index in [1.165, 1.54) is 0 Å². The molecule has 0 bridgehead atoms. The maximum atomic E-state index is 14.1. The molecule has 1 aliphatic carbocycles. The largest absolute Gasteiger partial charge is 0.408 e. The quantitative estimate of drug-likeness (QED) is 0.421. The summed E-state index contributed by atoms with van der Waals surface area (Å²) >= 11 is 0.723. The summed E-state index contributed by atoms with van der Waals surface area (Å²) in [6.07, 6.45) is -4.18. The number of nitrogens with zero attached hydrogens (tertiary/aromatic N) is 3. The molecule has 2 aromatic rings. The third kappa shape index (κ3) is 5.90. The van der Waals surface area contributed by atoms with Gasteiger partial charge in [-0.2, -0.15) is 13.2 Å². The number of hydrogen-bond donors (Lipinski definition) is 3. The van der Waals surface area contributed by atoms with E-state index in [4.69, 9.17) is 0 Å². The van der Waals surface area contributed by atoms with Crippen molar-refractivity contribution in [3.05, 3.63) is 28.5 Å². The molecule has 2 amide bonds. The molecule has 14 heteroatoms. The van der Waals surface area contributed by atoms with Crippen LogP contribution in [0.15, 0.2) is 12.3 Å². The predicted octanol–water partition coefficient (Wildman–Crippen LogP) is 4.77. The third-order valence-corrected chi connectivity index (χ3v) is 7.99. The molecule has 38 heavy (non-hydrogen) atoms. The molecule has 0 radical (unpaired) electrons. The average molecular weight is 562 g/mol. The summed E-state index contributed by atoms with van der Waals surface area (Å²) in [6.45, 7) is 3.12. The zero-order valence-corrected chi connectivity index (χ0v) is 21.5. The van der Waals surface area contributed by atoms with Gasteiger partial charge in [0.25, 0.3) is 18.2 Å². The number of anilines is 1. The van der Waals surface area contributed by atoms with Crippen LogP contribution in [0, 0.1) is 0 Å². The van der Waals surface area contributed by atoms with Gasteiger partial charge in [-0.05, 0) is 52.0 Å². The maximum absolute atomic E-state index is 14.1. The minimum atomic E-state index is -4.62. The van der Waals surface area contributed by atoms with Crippen molar-refractivity contribution in [2.75, 3.05) is 11.9 Å². The Bertz CT molecular complexity index is 1190. The average Bonchev–Trinajstić information content (AvgIpc) is 3.58. The highest BCUT2D eigenvalue weighted by Crippen LogP contribution is 2.39. The van der Waals surface area contributed by atoms with Gasteiger partial charge < -0.3 is 20.6 Å². The van der Waals surface area contributed by atoms with E-state index in [0.29, 0.717) is 19.4 Å². The Morgan fingerprint density at radius 3 is 2.53 bits per heavy atom. The van der Waals surface area contributed by atoms with Gasteiger partial charge in [0.05, 0.1) is 17.0 Å². The number of rotatable bonds is 7. The first-order valence-corrected chi connectivity index (χ1v) is 13.1. The number of nitrogens with one attached hydrogen (secondary N) is 2. The fourth-order valence-electron chi connectivity index (χ4n) is 4.68. The molecular weight excluding hydrogens is 533 g/mol. The second-order valence-electron chi connectivity index (χ2n) is 9.63. The van der Waals surface area contributed by atoms with Crippen molar-refractivity contribution >= 4 is 29.0 Å². The van der Waals surface area contributed by atoms with Crippen LogP contribution < -0.4 is 10.6 Å². The van der Waals surface area contributed by atoms with Crippen molar-refractivity contribution in [3.63, 3.8) is 0 Å². The van der Waals surface area contributed by atoms with Crippen molar-refractivity contribution in [1.82, 2.24) is 20.2 Å². The lowest BCUT2D eigenvalue weighted by Crippen LogP contribution is -2.40. The van der Waals surface area contributed by atoms with Gasteiger partial charge in [0.2, 0.25) is 0 Å². The van der Waals surface area contributed by atoms with Crippen molar-refractivity contribution in [2.45, 2.75) is 82.8 Å². The van der Waals surface area contributed by atoms with Gasteiger partial charge in [-0.1, -0.05) is 0 Å². The molecule has 8 nitrogen and oxygen atoms in total. The molecule has 3 heterocycles. The number of halogens is 5. The van der Waals surface area contributed by atoms with Gasteiger partial charge in [0.1, 0.15) is 17.6 Å². The fourth-order valence-corrected chi connectivity index (χ4v) is 5.67. The van der Waals surface area contributed by atoms with Crippen molar-refractivity contribution < 1.29 is 36.6 Å². The van der Waals surface area contributed by atoms with E-state index in [1.54, 1.807) is 4.90 Å². The molecule has 4 atom stereocenters. The first-order valence-electron chi connectivity index (χ1n) is 12.3. The summed E-state index contributed by atoms with van der Waals surface area (Å²) < 4.78 is 67.2. The summed E-state index contributed by atoms with van der Waals surface area (Å²) in [6, 6.07) is -1.84. The second-order valence-corrected chi connectivity index (χ2v) is 10.6. The van der Waals surface area contributed by atoms with E-state index < -0.39 is 54.0 Å². The van der Waals surface area contributed by atoms with Crippen LogP contribution in [-0.2, 0) is 0 Å². The highest BCUT2D eigenvalue weighted by atomic mass is 32.1. The zero-order valence-electron chi connectivity index (χ0n) is 20.7. The Morgan fingerprint density at radius 2 is 1.95 bits per heavy atom. The molecule has 0 spiro atoms. The fraction of sp³-hybridized carbons (Fsp3) is 0.583. The van der Waals surface area contributed by atoms with Crippen LogP contribution in [0.4, 0.5) is 27.8 Å². The van der Waals surface area contributed by atoms with Gasteiger partial charge in [0.15, 0.2) is 5.01 Å². The van der Waals surface area contributed by atoms with Gasteiger partial charge in [-0.15, -0.1) is 11.3 Å². The van der Waals surface area contributed by atoms with Crippen molar-refractivity contribution in [1.29, 1.82) is 0 Å². The SMILES string of the molecule is CC(Nc1cc(C(F)F)c(-c2sc(C(=O)N[C@H]3CCC[C@@H]3O)nc2C(=O)N2CCC[C@@H]2C)cn1)C(F)(F)F. The first-order chi connectivity index (χ1) is 17.9. The topological polar surface area (TPSA) is 107 Å². The van der Waals surface area contributed by atoms with Gasteiger partial charge in [-0.25, -0.2) is 18.7 Å². The minimum absolute atomic E-state index is 0.0237. The monoisotopic (exact) mass is 561 g/mol. The summed E-state index contributed by atoms with van der Waals surface area (Å²) in [5.74, 6) is -1.60. The number of amides is 2. The molecule has 1 aliphatic heterocycles. The highest BCUT2D eigenvalue weighted by Gasteiger charge is 2.37. The predicted molar refractivity (Wildman–Crippen MR) is 130 cm³/mol. The number of hydrogen-bond acceptors (Lipinski definition) is 7. The Morgan fingerprint density at radius 1 is 1.21 bits per heavy atom. The van der Waals surface area contributed by atoms with Crippen LogP contribution in [0.5, 0.6) is 0 Å². The van der Waals surface area contributed by atoms with Gasteiger partial charge >= 0.3 is 6.18 Å². The molecule has 4 rings (SSSR count). The Labute approximate surface area is 219 Å². The molecule has 0 aromatic carbocycles. The number of aromatic nitrogens is 2. The lowest BCUT2D eigenvalue weighted by Gasteiger charge is -2.21. The van der Waals surface area contributed by atoms with Crippen molar-refractivity contribution in [2.24, 2.45) is 0 Å². The highest BCUT2D eigenvalue weighted by molar-refractivity contribution is 7.17. The maximum Gasteiger partial charge on any atom is 0.408 e.